The highest BCUT2D eigenvalue weighted by Crippen LogP contribution is 2.08. The maximum Gasteiger partial charge on any atom is 0.234 e. The molecule has 0 unspecified atom stereocenters. The van der Waals surface area contributed by atoms with Gasteiger partial charge < -0.3 is 5.32 Å². The molecule has 1 aromatic heterocycles. The Morgan fingerprint density at radius 1 is 1.78 bits per heavy atom. The van der Waals surface area contributed by atoms with Crippen molar-refractivity contribution >= 4 is 5.69 Å². The Morgan fingerprint density at radius 2 is 2.44 bits per heavy atom. The normalized spacial score (nSPS) is 9.67. The molecule has 0 atom stereocenters. The van der Waals surface area contributed by atoms with Gasteiger partial charge in [-0.2, -0.15) is 9.49 Å². The summed E-state index contributed by atoms with van der Waals surface area (Å²) in [6.07, 6.45) is 1.44. The number of nitrogens with zero attached hydrogens (tertiary/aromatic N) is 2. The minimum absolute atomic E-state index is 0.336. The highest BCUT2D eigenvalue weighted by Gasteiger charge is 2.02. The van der Waals surface area contributed by atoms with Crippen LogP contribution in [0.3, 0.4) is 0 Å². The van der Waals surface area contributed by atoms with Gasteiger partial charge in [-0.3, -0.25) is 0 Å². The average molecular weight is 129 g/mol. The van der Waals surface area contributed by atoms with E-state index in [2.05, 4.69) is 10.4 Å². The van der Waals surface area contributed by atoms with E-state index in [1.165, 1.54) is 10.9 Å². The monoisotopic (exact) mass is 129 g/mol. The van der Waals surface area contributed by atoms with Crippen molar-refractivity contribution in [2.75, 3.05) is 12.4 Å². The third-order valence-corrected chi connectivity index (χ3v) is 1.14. The van der Waals surface area contributed by atoms with Gasteiger partial charge in [-0.15, -0.1) is 0 Å². The maximum atomic E-state index is 12.6. The third kappa shape index (κ3) is 0.872. The molecule has 0 saturated carbocycles. The third-order valence-electron chi connectivity index (χ3n) is 1.14. The number of halogens is 1. The van der Waals surface area contributed by atoms with Crippen LogP contribution in [0.5, 0.6) is 0 Å². The second-order valence-electron chi connectivity index (χ2n) is 1.72. The molecule has 0 saturated heterocycles. The molecule has 0 amide bonds. The van der Waals surface area contributed by atoms with Crippen molar-refractivity contribution < 1.29 is 4.39 Å². The number of aryl methyl sites for hydroxylation is 1. The van der Waals surface area contributed by atoms with Crippen LogP contribution >= 0.6 is 0 Å². The first-order valence-electron chi connectivity index (χ1n) is 2.61. The number of hydrogen-bond acceptors (Lipinski definition) is 2. The molecule has 9 heavy (non-hydrogen) atoms. The molecular formula is C5H8FN3. The van der Waals surface area contributed by atoms with Crippen LogP contribution in [0.2, 0.25) is 0 Å². The van der Waals surface area contributed by atoms with Gasteiger partial charge in [-0.25, -0.2) is 4.68 Å². The summed E-state index contributed by atoms with van der Waals surface area (Å²) in [6.45, 7) is 0. The Balaban J connectivity index is 3.04. The molecule has 0 radical (unpaired) electrons. The van der Waals surface area contributed by atoms with E-state index >= 15 is 0 Å². The Hall–Kier alpha value is -1.06. The summed E-state index contributed by atoms with van der Waals surface area (Å²) in [6, 6.07) is 0. The lowest BCUT2D eigenvalue weighted by atomic mass is 10.6. The summed E-state index contributed by atoms with van der Waals surface area (Å²) in [4.78, 5) is 0. The molecule has 50 valence electrons. The highest BCUT2D eigenvalue weighted by molar-refractivity contribution is 5.38. The van der Waals surface area contributed by atoms with Crippen molar-refractivity contribution in [1.29, 1.82) is 0 Å². The van der Waals surface area contributed by atoms with Gasteiger partial charge in [0, 0.05) is 14.1 Å². The maximum absolute atomic E-state index is 12.6. The van der Waals surface area contributed by atoms with Crippen molar-refractivity contribution in [3.63, 3.8) is 0 Å². The Bertz CT molecular complexity index is 206. The minimum atomic E-state index is -0.336. The molecule has 0 fully saturated rings. The smallest absolute Gasteiger partial charge is 0.234 e. The lowest BCUT2D eigenvalue weighted by Crippen LogP contribution is -1.95. The number of nitrogens with one attached hydrogen (secondary N) is 1. The van der Waals surface area contributed by atoms with Crippen LogP contribution in [0.25, 0.3) is 0 Å². The summed E-state index contributed by atoms with van der Waals surface area (Å²) in [7, 11) is 3.20. The second-order valence-corrected chi connectivity index (χ2v) is 1.72. The first kappa shape index (κ1) is 6.07. The molecule has 1 N–H and O–H groups in total. The molecule has 4 heteroatoms. The highest BCUT2D eigenvalue weighted by atomic mass is 19.1. The Labute approximate surface area is 52.5 Å². The summed E-state index contributed by atoms with van der Waals surface area (Å²) < 4.78 is 13.8. The van der Waals surface area contributed by atoms with E-state index in [-0.39, 0.29) is 5.95 Å². The van der Waals surface area contributed by atoms with Crippen molar-refractivity contribution in [2.45, 2.75) is 0 Å². The second kappa shape index (κ2) is 2.05. The van der Waals surface area contributed by atoms with Gasteiger partial charge in [-0.05, 0) is 0 Å². The number of hydrogen-bond donors (Lipinski definition) is 1. The largest absolute Gasteiger partial charge is 0.383 e. The lowest BCUT2D eigenvalue weighted by Gasteiger charge is -1.91. The van der Waals surface area contributed by atoms with Crippen molar-refractivity contribution in [2.24, 2.45) is 7.05 Å². The van der Waals surface area contributed by atoms with Gasteiger partial charge >= 0.3 is 0 Å². The predicted octanol–water partition coefficient (Wildman–Crippen LogP) is 0.601. The van der Waals surface area contributed by atoms with E-state index in [0.717, 1.165) is 0 Å². The molecule has 1 heterocycles. The van der Waals surface area contributed by atoms with E-state index < -0.39 is 0 Å². The van der Waals surface area contributed by atoms with Crippen LogP contribution in [-0.2, 0) is 7.05 Å². The van der Waals surface area contributed by atoms with Crippen LogP contribution in [0.4, 0.5) is 10.1 Å². The average Bonchev–Trinajstić information content (AvgIpc) is 2.15. The van der Waals surface area contributed by atoms with E-state index in [4.69, 9.17) is 0 Å². The summed E-state index contributed by atoms with van der Waals surface area (Å²) >= 11 is 0. The van der Waals surface area contributed by atoms with E-state index in [0.29, 0.717) is 5.69 Å². The molecule has 0 spiro atoms. The number of rotatable bonds is 1. The van der Waals surface area contributed by atoms with Gasteiger partial charge in [0.1, 0.15) is 5.69 Å². The molecule has 0 aliphatic carbocycles. The fourth-order valence-corrected chi connectivity index (χ4v) is 0.590. The number of aromatic nitrogens is 2. The molecular weight excluding hydrogens is 121 g/mol. The Kier molecular flexibility index (Phi) is 1.38. The fourth-order valence-electron chi connectivity index (χ4n) is 0.590. The number of anilines is 1. The molecule has 0 aliphatic heterocycles. The zero-order chi connectivity index (χ0) is 6.85. The van der Waals surface area contributed by atoms with Gasteiger partial charge in [0.05, 0.1) is 6.20 Å². The van der Waals surface area contributed by atoms with Crippen molar-refractivity contribution in [3.05, 3.63) is 12.1 Å². The summed E-state index contributed by atoms with van der Waals surface area (Å²) in [5, 5.41) is 6.32. The quantitative estimate of drug-likeness (QED) is 0.601. The van der Waals surface area contributed by atoms with Crippen LogP contribution in [0, 0.1) is 5.95 Å². The van der Waals surface area contributed by atoms with E-state index in [9.17, 15) is 4.39 Å². The van der Waals surface area contributed by atoms with Gasteiger partial charge in [0.2, 0.25) is 5.95 Å². The first-order valence-corrected chi connectivity index (χ1v) is 2.61. The van der Waals surface area contributed by atoms with Crippen molar-refractivity contribution in [1.82, 2.24) is 9.78 Å². The van der Waals surface area contributed by atoms with Crippen LogP contribution in [-0.4, -0.2) is 16.8 Å². The minimum Gasteiger partial charge on any atom is -0.383 e. The summed E-state index contributed by atoms with van der Waals surface area (Å²) in [5.41, 5.74) is 0.428. The van der Waals surface area contributed by atoms with Gasteiger partial charge in [0.15, 0.2) is 0 Å². The summed E-state index contributed by atoms with van der Waals surface area (Å²) in [5.74, 6) is -0.336. The molecule has 1 aromatic rings. The fraction of sp³-hybridized carbons (Fsp3) is 0.400. The Morgan fingerprint density at radius 3 is 2.67 bits per heavy atom. The van der Waals surface area contributed by atoms with Gasteiger partial charge in [-0.1, -0.05) is 0 Å². The topological polar surface area (TPSA) is 29.9 Å². The van der Waals surface area contributed by atoms with Crippen LogP contribution < -0.4 is 5.32 Å². The molecule has 1 rings (SSSR count). The molecule has 0 aromatic carbocycles. The van der Waals surface area contributed by atoms with E-state index in [1.807, 2.05) is 0 Å². The zero-order valence-electron chi connectivity index (χ0n) is 5.35. The SMILES string of the molecule is CNc1cnn(C)c1F. The van der Waals surface area contributed by atoms with E-state index in [1.54, 1.807) is 14.1 Å². The van der Waals surface area contributed by atoms with Crippen molar-refractivity contribution in [3.8, 4) is 0 Å². The van der Waals surface area contributed by atoms with Gasteiger partial charge in [0.25, 0.3) is 0 Å². The molecule has 3 nitrogen and oxygen atoms in total. The lowest BCUT2D eigenvalue weighted by molar-refractivity contribution is 0.506. The molecule has 0 bridgehead atoms. The van der Waals surface area contributed by atoms with Crippen LogP contribution in [0.15, 0.2) is 6.20 Å². The molecule has 0 aliphatic rings. The zero-order valence-corrected chi connectivity index (χ0v) is 5.35. The first-order chi connectivity index (χ1) is 4.25. The standard InChI is InChI=1S/C5H8FN3/c1-7-4-3-8-9(2)5(4)6/h3,7H,1-2H3. The predicted molar refractivity (Wildman–Crippen MR) is 32.7 cm³/mol. The van der Waals surface area contributed by atoms with Crippen LogP contribution in [0.1, 0.15) is 0 Å².